The molecule has 3 fully saturated rings. The smallest absolute Gasteiger partial charge is 0.248 e. The molecule has 2 saturated heterocycles. The van der Waals surface area contributed by atoms with Crippen LogP contribution in [0.15, 0.2) is 60.7 Å². The summed E-state index contributed by atoms with van der Waals surface area (Å²) < 4.78 is 14.2. The maximum Gasteiger partial charge on any atom is 0.248 e. The van der Waals surface area contributed by atoms with Crippen LogP contribution in [0.4, 0.5) is 11.4 Å². The van der Waals surface area contributed by atoms with Gasteiger partial charge in [-0.1, -0.05) is 25.3 Å². The zero-order valence-electron chi connectivity index (χ0n) is 26.1. The van der Waals surface area contributed by atoms with Gasteiger partial charge < -0.3 is 29.6 Å². The normalized spacial score (nSPS) is 17.8. The summed E-state index contributed by atoms with van der Waals surface area (Å²) in [5, 5.41) is 1.21. The van der Waals surface area contributed by atoms with Crippen LogP contribution in [-0.2, 0) is 23.2 Å². The van der Waals surface area contributed by atoms with E-state index in [0.717, 1.165) is 59.8 Å². The number of amides is 2. The van der Waals surface area contributed by atoms with Crippen molar-refractivity contribution in [3.05, 3.63) is 77.4 Å². The van der Waals surface area contributed by atoms with Crippen LogP contribution in [0.2, 0.25) is 0 Å². The summed E-state index contributed by atoms with van der Waals surface area (Å²) >= 11 is 0. The van der Waals surface area contributed by atoms with Gasteiger partial charge in [-0.25, -0.2) is 0 Å². The van der Waals surface area contributed by atoms with Gasteiger partial charge in [0.25, 0.3) is 0 Å². The predicted octanol–water partition coefficient (Wildman–Crippen LogP) is 6.53. The molecule has 7 rings (SSSR count). The van der Waals surface area contributed by atoms with Crippen LogP contribution in [0.3, 0.4) is 0 Å². The van der Waals surface area contributed by atoms with E-state index in [4.69, 9.17) is 15.2 Å². The van der Waals surface area contributed by atoms with Gasteiger partial charge in [-0.05, 0) is 90.9 Å². The zero-order valence-corrected chi connectivity index (χ0v) is 26.1. The zero-order chi connectivity index (χ0) is 30.9. The number of hydrogen-bond acceptors (Lipinski definition) is 5. The number of aryl methyl sites for hydroxylation is 1. The number of carbonyl (C=O) groups is 2. The third kappa shape index (κ3) is 5.79. The minimum Gasteiger partial charge on any atom is -0.489 e. The molecule has 1 saturated carbocycles. The SMILES string of the molecule is Cn1c(-c2ccc(OCc3cc(N4CCCC4=O)ccc3N3CCOCC3)cc2)c(C2CCCCC2)c2ccc(C(N)=O)cc21. The predicted molar refractivity (Wildman–Crippen MR) is 178 cm³/mol. The number of benzene rings is 3. The molecular weight excluding hydrogens is 564 g/mol. The Labute approximate surface area is 264 Å². The summed E-state index contributed by atoms with van der Waals surface area (Å²) in [7, 11) is 2.09. The Morgan fingerprint density at radius 1 is 0.933 bits per heavy atom. The van der Waals surface area contributed by atoms with Crippen molar-refractivity contribution in [1.29, 1.82) is 0 Å². The molecule has 3 aliphatic rings. The highest BCUT2D eigenvalue weighted by molar-refractivity contribution is 6.00. The molecule has 3 aromatic carbocycles. The third-order valence-electron chi connectivity index (χ3n) is 9.86. The van der Waals surface area contributed by atoms with Gasteiger partial charge in [-0.15, -0.1) is 0 Å². The molecule has 4 aromatic rings. The minimum absolute atomic E-state index is 0.184. The summed E-state index contributed by atoms with van der Waals surface area (Å²) in [6, 6.07) is 20.6. The Morgan fingerprint density at radius 2 is 1.71 bits per heavy atom. The van der Waals surface area contributed by atoms with E-state index in [9.17, 15) is 9.59 Å². The second kappa shape index (κ2) is 12.6. The lowest BCUT2D eigenvalue weighted by Crippen LogP contribution is -2.37. The van der Waals surface area contributed by atoms with Crippen molar-refractivity contribution in [3.8, 4) is 17.0 Å². The van der Waals surface area contributed by atoms with Crippen LogP contribution in [-0.4, -0.2) is 49.2 Å². The molecule has 3 heterocycles. The second-order valence-electron chi connectivity index (χ2n) is 12.6. The van der Waals surface area contributed by atoms with Crippen LogP contribution in [0.1, 0.15) is 72.3 Å². The molecule has 45 heavy (non-hydrogen) atoms. The highest BCUT2D eigenvalue weighted by Gasteiger charge is 2.27. The van der Waals surface area contributed by atoms with E-state index in [-0.39, 0.29) is 5.91 Å². The van der Waals surface area contributed by atoms with Crippen LogP contribution >= 0.6 is 0 Å². The Hall–Kier alpha value is -4.30. The monoisotopic (exact) mass is 606 g/mol. The fraction of sp³-hybridized carbons (Fsp3) is 0.405. The number of primary amides is 1. The number of fused-ring (bicyclic) bond motifs is 1. The van der Waals surface area contributed by atoms with Crippen molar-refractivity contribution in [2.45, 2.75) is 57.5 Å². The van der Waals surface area contributed by atoms with E-state index in [2.05, 4.69) is 65.0 Å². The first-order valence-corrected chi connectivity index (χ1v) is 16.4. The molecule has 0 spiro atoms. The number of hydrogen-bond donors (Lipinski definition) is 1. The van der Waals surface area contributed by atoms with E-state index in [1.165, 1.54) is 48.7 Å². The van der Waals surface area contributed by atoms with Crippen molar-refractivity contribution in [3.63, 3.8) is 0 Å². The second-order valence-corrected chi connectivity index (χ2v) is 12.6. The Kier molecular flexibility index (Phi) is 8.23. The van der Waals surface area contributed by atoms with E-state index in [0.29, 0.717) is 37.7 Å². The Bertz CT molecular complexity index is 1710. The van der Waals surface area contributed by atoms with E-state index < -0.39 is 5.91 Å². The van der Waals surface area contributed by atoms with Crippen molar-refractivity contribution in [2.75, 3.05) is 42.6 Å². The highest BCUT2D eigenvalue weighted by Crippen LogP contribution is 2.44. The number of nitrogens with zero attached hydrogens (tertiary/aromatic N) is 3. The summed E-state index contributed by atoms with van der Waals surface area (Å²) in [5.74, 6) is 1.06. The highest BCUT2D eigenvalue weighted by atomic mass is 16.5. The largest absolute Gasteiger partial charge is 0.489 e. The van der Waals surface area contributed by atoms with Gasteiger partial charge in [0.2, 0.25) is 11.8 Å². The fourth-order valence-electron chi connectivity index (χ4n) is 7.53. The molecule has 2 amide bonds. The molecule has 1 aromatic heterocycles. The number of anilines is 2. The molecule has 0 atom stereocenters. The Balaban J connectivity index is 1.18. The molecular formula is C37H42N4O4. The first-order chi connectivity index (χ1) is 22.0. The molecule has 2 aliphatic heterocycles. The number of carbonyl (C=O) groups excluding carboxylic acids is 2. The Morgan fingerprint density at radius 3 is 2.42 bits per heavy atom. The molecule has 8 heteroatoms. The molecule has 0 bridgehead atoms. The van der Waals surface area contributed by atoms with Crippen LogP contribution in [0.5, 0.6) is 5.75 Å². The molecule has 0 unspecified atom stereocenters. The summed E-state index contributed by atoms with van der Waals surface area (Å²) in [6.07, 6.45) is 7.64. The number of aromatic nitrogens is 1. The lowest BCUT2D eigenvalue weighted by atomic mass is 9.82. The standard InChI is InChI=1S/C37H42N4O4/c1-39-33-23-27(37(38)43)11-15-31(33)35(25-6-3-2-4-7-25)36(39)26-9-13-30(14-10-26)45-24-28-22-29(41-17-5-8-34(41)42)12-16-32(28)40-18-20-44-21-19-40/h9-16,22-23,25H,2-8,17-21,24H2,1H3,(H2,38,43). The fourth-order valence-corrected chi connectivity index (χ4v) is 7.53. The van der Waals surface area contributed by atoms with Crippen molar-refractivity contribution < 1.29 is 19.1 Å². The maximum atomic E-state index is 12.5. The number of ether oxygens (including phenoxy) is 2. The molecule has 0 radical (unpaired) electrons. The molecule has 1 aliphatic carbocycles. The quantitative estimate of drug-likeness (QED) is 0.246. The summed E-state index contributed by atoms with van der Waals surface area (Å²) in [6.45, 7) is 4.24. The van der Waals surface area contributed by atoms with Crippen LogP contribution < -0.4 is 20.3 Å². The minimum atomic E-state index is -0.408. The van der Waals surface area contributed by atoms with Gasteiger partial charge in [0.15, 0.2) is 0 Å². The van der Waals surface area contributed by atoms with Crippen molar-refractivity contribution in [1.82, 2.24) is 4.57 Å². The molecule has 234 valence electrons. The summed E-state index contributed by atoms with van der Waals surface area (Å²) in [5.41, 5.74) is 14.1. The lowest BCUT2D eigenvalue weighted by molar-refractivity contribution is -0.117. The van der Waals surface area contributed by atoms with Crippen molar-refractivity contribution in [2.24, 2.45) is 12.8 Å². The van der Waals surface area contributed by atoms with Crippen molar-refractivity contribution >= 4 is 34.1 Å². The van der Waals surface area contributed by atoms with Gasteiger partial charge in [0.1, 0.15) is 12.4 Å². The summed E-state index contributed by atoms with van der Waals surface area (Å²) in [4.78, 5) is 28.7. The number of nitrogens with two attached hydrogens (primary N) is 1. The van der Waals surface area contributed by atoms with E-state index in [1.54, 1.807) is 0 Å². The van der Waals surface area contributed by atoms with Crippen LogP contribution in [0.25, 0.3) is 22.2 Å². The first kappa shape index (κ1) is 29.4. The lowest BCUT2D eigenvalue weighted by Gasteiger charge is -2.31. The van der Waals surface area contributed by atoms with Crippen LogP contribution in [0, 0.1) is 0 Å². The van der Waals surface area contributed by atoms with Gasteiger partial charge in [-0.3, -0.25) is 9.59 Å². The van der Waals surface area contributed by atoms with Gasteiger partial charge in [0, 0.05) is 66.5 Å². The average Bonchev–Trinajstić information content (AvgIpc) is 3.64. The maximum absolute atomic E-state index is 12.5. The third-order valence-corrected chi connectivity index (χ3v) is 9.86. The van der Waals surface area contributed by atoms with Gasteiger partial charge >= 0.3 is 0 Å². The topological polar surface area (TPSA) is 90.0 Å². The van der Waals surface area contributed by atoms with E-state index in [1.807, 2.05) is 17.0 Å². The van der Waals surface area contributed by atoms with Gasteiger partial charge in [0.05, 0.1) is 18.9 Å². The van der Waals surface area contributed by atoms with E-state index >= 15 is 0 Å². The number of morpholine rings is 1. The van der Waals surface area contributed by atoms with Gasteiger partial charge in [-0.2, -0.15) is 0 Å². The molecule has 8 nitrogen and oxygen atoms in total. The molecule has 2 N–H and O–H groups in total. The average molecular weight is 607 g/mol. The first-order valence-electron chi connectivity index (χ1n) is 16.4. The number of rotatable bonds is 8.